The summed E-state index contributed by atoms with van der Waals surface area (Å²) in [4.78, 5) is 38.6. The molecule has 0 aliphatic carbocycles. The lowest BCUT2D eigenvalue weighted by atomic mass is 9.90. The first-order valence-electron chi connectivity index (χ1n) is 8.14. The van der Waals surface area contributed by atoms with E-state index >= 15 is 0 Å². The molecular weight excluding hydrogens is 318 g/mol. The Bertz CT molecular complexity index is 831. The molecule has 0 unspecified atom stereocenters. The quantitative estimate of drug-likeness (QED) is 0.871. The Morgan fingerprint density at radius 2 is 1.56 bits per heavy atom. The first-order valence-corrected chi connectivity index (χ1v) is 8.14. The second-order valence-electron chi connectivity index (χ2n) is 6.58. The molecule has 1 fully saturated rings. The fourth-order valence-corrected chi connectivity index (χ4v) is 3.09. The summed E-state index contributed by atoms with van der Waals surface area (Å²) in [5, 5.41) is 9.34. The predicted octanol–water partition coefficient (Wildman–Crippen LogP) is 2.85. The molecule has 25 heavy (non-hydrogen) atoms. The van der Waals surface area contributed by atoms with E-state index in [0.29, 0.717) is 29.7 Å². The lowest BCUT2D eigenvalue weighted by Crippen LogP contribution is -2.35. The van der Waals surface area contributed by atoms with Crippen LogP contribution in [0, 0.1) is 5.41 Å². The second kappa shape index (κ2) is 6.51. The highest BCUT2D eigenvalue weighted by Gasteiger charge is 2.42. The molecule has 1 saturated heterocycles. The van der Waals surface area contributed by atoms with E-state index < -0.39 is 11.4 Å². The average molecular weight is 337 g/mol. The number of ketones is 1. The zero-order valence-corrected chi connectivity index (χ0v) is 13.9. The van der Waals surface area contributed by atoms with E-state index in [-0.39, 0.29) is 18.2 Å². The van der Waals surface area contributed by atoms with Gasteiger partial charge in [0.15, 0.2) is 5.78 Å². The lowest BCUT2D eigenvalue weighted by molar-refractivity contribution is -0.147. The van der Waals surface area contributed by atoms with E-state index in [1.54, 1.807) is 55.5 Å². The Balaban J connectivity index is 1.90. The molecule has 0 bridgehead atoms. The summed E-state index contributed by atoms with van der Waals surface area (Å²) >= 11 is 0. The largest absolute Gasteiger partial charge is 0.481 e. The van der Waals surface area contributed by atoms with Crippen molar-refractivity contribution < 1.29 is 19.5 Å². The summed E-state index contributed by atoms with van der Waals surface area (Å²) in [5.41, 5.74) is 0.224. The molecule has 1 atom stereocenters. The van der Waals surface area contributed by atoms with Gasteiger partial charge in [-0.1, -0.05) is 48.5 Å². The number of carbonyl (C=O) groups excluding carboxylic acids is 2. The van der Waals surface area contributed by atoms with Crippen molar-refractivity contribution in [1.29, 1.82) is 0 Å². The van der Waals surface area contributed by atoms with Crippen molar-refractivity contribution in [1.82, 2.24) is 4.90 Å². The van der Waals surface area contributed by atoms with Gasteiger partial charge in [0.1, 0.15) is 0 Å². The molecule has 5 nitrogen and oxygen atoms in total. The Kier molecular flexibility index (Phi) is 4.40. The molecule has 1 heterocycles. The normalized spacial score (nSPS) is 19.6. The van der Waals surface area contributed by atoms with Gasteiger partial charge in [-0.2, -0.15) is 0 Å². The number of hydrogen-bond donors (Lipinski definition) is 1. The third-order valence-electron chi connectivity index (χ3n) is 4.71. The third kappa shape index (κ3) is 3.18. The van der Waals surface area contributed by atoms with Gasteiger partial charge in [0, 0.05) is 24.2 Å². The molecule has 5 heteroatoms. The third-order valence-corrected chi connectivity index (χ3v) is 4.71. The number of carbonyl (C=O) groups is 3. The van der Waals surface area contributed by atoms with Gasteiger partial charge in [0.25, 0.3) is 5.91 Å². The van der Waals surface area contributed by atoms with Crippen LogP contribution in [0.2, 0.25) is 0 Å². The fourth-order valence-electron chi connectivity index (χ4n) is 3.09. The minimum absolute atomic E-state index is 0.148. The highest BCUT2D eigenvalue weighted by molar-refractivity contribution is 6.15. The minimum Gasteiger partial charge on any atom is -0.481 e. The lowest BCUT2D eigenvalue weighted by Gasteiger charge is -2.21. The number of rotatable bonds is 4. The van der Waals surface area contributed by atoms with Gasteiger partial charge in [0.05, 0.1) is 11.0 Å². The molecule has 1 aliphatic heterocycles. The van der Waals surface area contributed by atoms with Gasteiger partial charge in [0.2, 0.25) is 0 Å². The molecule has 0 aromatic heterocycles. The molecule has 1 N–H and O–H groups in total. The molecule has 0 saturated carbocycles. The minimum atomic E-state index is -0.936. The van der Waals surface area contributed by atoms with E-state index in [1.165, 1.54) is 4.90 Å². The van der Waals surface area contributed by atoms with Crippen LogP contribution in [0.25, 0.3) is 0 Å². The van der Waals surface area contributed by atoms with Crippen molar-refractivity contribution in [3.05, 3.63) is 71.3 Å². The first-order chi connectivity index (χ1) is 11.9. The Labute approximate surface area is 145 Å². The van der Waals surface area contributed by atoms with Gasteiger partial charge in [-0.15, -0.1) is 0 Å². The topological polar surface area (TPSA) is 74.7 Å². The van der Waals surface area contributed by atoms with Crippen LogP contribution in [0.4, 0.5) is 0 Å². The molecule has 1 aliphatic rings. The fraction of sp³-hybridized carbons (Fsp3) is 0.250. The van der Waals surface area contributed by atoms with Crippen molar-refractivity contribution in [3.8, 4) is 0 Å². The average Bonchev–Trinajstić information content (AvgIpc) is 3.05. The molecule has 0 radical (unpaired) electrons. The van der Waals surface area contributed by atoms with Crippen LogP contribution >= 0.6 is 0 Å². The molecule has 1 amide bonds. The Morgan fingerprint density at radius 1 is 0.960 bits per heavy atom. The number of carboxylic acids is 1. The van der Waals surface area contributed by atoms with Crippen LogP contribution in [-0.4, -0.2) is 40.8 Å². The van der Waals surface area contributed by atoms with E-state index in [0.717, 1.165) is 0 Å². The van der Waals surface area contributed by atoms with Crippen LogP contribution in [0.1, 0.15) is 39.6 Å². The first kappa shape index (κ1) is 16.9. The van der Waals surface area contributed by atoms with Crippen molar-refractivity contribution in [2.45, 2.75) is 13.3 Å². The molecule has 2 aromatic rings. The number of amides is 1. The van der Waals surface area contributed by atoms with Gasteiger partial charge < -0.3 is 10.0 Å². The smallest absolute Gasteiger partial charge is 0.311 e. The summed E-state index contributed by atoms with van der Waals surface area (Å²) in [6, 6.07) is 15.5. The van der Waals surface area contributed by atoms with Crippen molar-refractivity contribution in [3.63, 3.8) is 0 Å². The monoisotopic (exact) mass is 337 g/mol. The summed E-state index contributed by atoms with van der Waals surface area (Å²) in [6.45, 7) is 2.16. The highest BCUT2D eigenvalue weighted by Crippen LogP contribution is 2.31. The van der Waals surface area contributed by atoms with Gasteiger partial charge in [-0.25, -0.2) is 0 Å². The van der Waals surface area contributed by atoms with E-state index in [2.05, 4.69) is 0 Å². The van der Waals surface area contributed by atoms with Gasteiger partial charge in [-0.3, -0.25) is 14.4 Å². The maximum absolute atomic E-state index is 12.9. The number of nitrogens with zero attached hydrogens (tertiary/aromatic N) is 1. The van der Waals surface area contributed by atoms with Crippen molar-refractivity contribution in [2.75, 3.05) is 13.1 Å². The van der Waals surface area contributed by atoms with Crippen LogP contribution < -0.4 is 0 Å². The zero-order chi connectivity index (χ0) is 18.0. The van der Waals surface area contributed by atoms with E-state index in [4.69, 9.17) is 0 Å². The molecule has 0 spiro atoms. The highest BCUT2D eigenvalue weighted by atomic mass is 16.4. The van der Waals surface area contributed by atoms with Gasteiger partial charge in [-0.05, 0) is 19.4 Å². The molecule has 128 valence electrons. The molecule has 2 aromatic carbocycles. The van der Waals surface area contributed by atoms with E-state index in [9.17, 15) is 19.5 Å². The number of hydrogen-bond acceptors (Lipinski definition) is 3. The van der Waals surface area contributed by atoms with Crippen LogP contribution in [0.3, 0.4) is 0 Å². The SMILES string of the molecule is C[C@]1(C(=O)O)CCN(C(=O)c2ccccc2C(=O)c2ccccc2)C1. The summed E-state index contributed by atoms with van der Waals surface area (Å²) in [5.74, 6) is -1.42. The van der Waals surface area contributed by atoms with Crippen LogP contribution in [-0.2, 0) is 4.79 Å². The number of carboxylic acid groups (broad SMARTS) is 1. The molecular formula is C20H19NO4. The maximum atomic E-state index is 12.9. The summed E-state index contributed by atoms with van der Waals surface area (Å²) < 4.78 is 0. The second-order valence-corrected chi connectivity index (χ2v) is 6.58. The predicted molar refractivity (Wildman–Crippen MR) is 92.6 cm³/mol. The summed E-state index contributed by atoms with van der Waals surface area (Å²) in [6.07, 6.45) is 0.406. The summed E-state index contributed by atoms with van der Waals surface area (Å²) in [7, 11) is 0. The van der Waals surface area contributed by atoms with Crippen LogP contribution in [0.5, 0.6) is 0 Å². The number of likely N-dealkylation sites (tertiary alicyclic amines) is 1. The van der Waals surface area contributed by atoms with E-state index in [1.807, 2.05) is 6.07 Å². The number of aliphatic carboxylic acids is 1. The van der Waals surface area contributed by atoms with Crippen molar-refractivity contribution in [2.24, 2.45) is 5.41 Å². The zero-order valence-electron chi connectivity index (χ0n) is 13.9. The van der Waals surface area contributed by atoms with Crippen molar-refractivity contribution >= 4 is 17.7 Å². The van der Waals surface area contributed by atoms with Gasteiger partial charge >= 0.3 is 5.97 Å². The molecule has 3 rings (SSSR count). The Morgan fingerprint density at radius 3 is 2.16 bits per heavy atom. The Hall–Kier alpha value is -2.95. The maximum Gasteiger partial charge on any atom is 0.311 e. The number of benzene rings is 2. The van der Waals surface area contributed by atoms with Crippen LogP contribution in [0.15, 0.2) is 54.6 Å². The standard InChI is InChI=1S/C20H19NO4/c1-20(19(24)25)11-12-21(13-20)18(23)16-10-6-5-9-15(16)17(22)14-7-3-2-4-8-14/h2-10H,11-13H2,1H3,(H,24,25)/t20-/m0/s1.